The summed E-state index contributed by atoms with van der Waals surface area (Å²) in [5, 5.41) is 12.9. The molecule has 1 amide bonds. The van der Waals surface area contributed by atoms with E-state index >= 15 is 0 Å². The Hall–Kier alpha value is -3.81. The molecule has 3 N–H and O–H groups in total. The second kappa shape index (κ2) is 6.98. The standard InChI is InChI=1S/C18H15N3O5/c1-26-13-9-7-12(8-10-13)21-17(24)14(16(23)20-18(21)25)15(22)19-11-5-3-2-4-6-11/h2-10,24H,1H3,(H,19,22)(H,20,23,25). The number of para-hydroxylation sites is 1. The van der Waals surface area contributed by atoms with Gasteiger partial charge in [-0.1, -0.05) is 18.2 Å². The molecular formula is C18H15N3O5. The van der Waals surface area contributed by atoms with Crippen molar-refractivity contribution < 1.29 is 14.6 Å². The van der Waals surface area contributed by atoms with Crippen LogP contribution in [0.15, 0.2) is 64.2 Å². The molecule has 132 valence electrons. The molecule has 8 nitrogen and oxygen atoms in total. The Balaban J connectivity index is 2.08. The number of hydrogen-bond donors (Lipinski definition) is 3. The fourth-order valence-electron chi connectivity index (χ4n) is 2.42. The van der Waals surface area contributed by atoms with Gasteiger partial charge in [0.25, 0.3) is 11.5 Å². The van der Waals surface area contributed by atoms with Crippen molar-refractivity contribution in [1.29, 1.82) is 0 Å². The lowest BCUT2D eigenvalue weighted by molar-refractivity contribution is 0.102. The molecule has 0 bridgehead atoms. The van der Waals surface area contributed by atoms with E-state index in [0.29, 0.717) is 11.4 Å². The summed E-state index contributed by atoms with van der Waals surface area (Å²) in [5.74, 6) is -1.04. The van der Waals surface area contributed by atoms with Gasteiger partial charge in [-0.2, -0.15) is 0 Å². The molecule has 26 heavy (non-hydrogen) atoms. The second-order valence-corrected chi connectivity index (χ2v) is 5.31. The van der Waals surface area contributed by atoms with E-state index in [9.17, 15) is 19.5 Å². The van der Waals surface area contributed by atoms with Crippen LogP contribution in [0.2, 0.25) is 0 Å². The average molecular weight is 353 g/mol. The Morgan fingerprint density at radius 2 is 1.73 bits per heavy atom. The Kier molecular flexibility index (Phi) is 4.57. The molecule has 0 fully saturated rings. The number of H-pyrrole nitrogens is 1. The van der Waals surface area contributed by atoms with Gasteiger partial charge in [-0.15, -0.1) is 0 Å². The first kappa shape index (κ1) is 17.0. The summed E-state index contributed by atoms with van der Waals surface area (Å²) in [6.07, 6.45) is 0. The van der Waals surface area contributed by atoms with E-state index in [1.165, 1.54) is 19.2 Å². The van der Waals surface area contributed by atoms with Gasteiger partial charge in [-0.05, 0) is 36.4 Å². The molecule has 0 radical (unpaired) electrons. The highest BCUT2D eigenvalue weighted by Gasteiger charge is 2.22. The molecule has 1 aromatic heterocycles. The third-order valence-corrected chi connectivity index (χ3v) is 3.68. The van der Waals surface area contributed by atoms with Gasteiger partial charge in [0.05, 0.1) is 12.8 Å². The highest BCUT2D eigenvalue weighted by atomic mass is 16.5. The van der Waals surface area contributed by atoms with Crippen LogP contribution in [-0.2, 0) is 0 Å². The summed E-state index contributed by atoms with van der Waals surface area (Å²) in [5.41, 5.74) is -1.71. The quantitative estimate of drug-likeness (QED) is 0.658. The third kappa shape index (κ3) is 3.20. The number of carbonyl (C=O) groups is 1. The van der Waals surface area contributed by atoms with Crippen LogP contribution in [0.25, 0.3) is 5.69 Å². The predicted octanol–water partition coefficient (Wildman–Crippen LogP) is 1.49. The maximum Gasteiger partial charge on any atom is 0.335 e. The van der Waals surface area contributed by atoms with E-state index in [-0.39, 0.29) is 5.69 Å². The van der Waals surface area contributed by atoms with E-state index in [2.05, 4.69) is 5.32 Å². The summed E-state index contributed by atoms with van der Waals surface area (Å²) in [7, 11) is 1.49. The second-order valence-electron chi connectivity index (χ2n) is 5.31. The lowest BCUT2D eigenvalue weighted by Gasteiger charge is -2.12. The van der Waals surface area contributed by atoms with Crippen LogP contribution in [0.4, 0.5) is 5.69 Å². The zero-order valence-electron chi connectivity index (χ0n) is 13.7. The van der Waals surface area contributed by atoms with Crippen LogP contribution in [0.3, 0.4) is 0 Å². The number of carbonyl (C=O) groups excluding carboxylic acids is 1. The number of methoxy groups -OCH3 is 1. The highest BCUT2D eigenvalue weighted by Crippen LogP contribution is 2.20. The average Bonchev–Trinajstić information content (AvgIpc) is 2.62. The van der Waals surface area contributed by atoms with Crippen LogP contribution in [0.5, 0.6) is 11.6 Å². The first-order valence-corrected chi connectivity index (χ1v) is 7.60. The normalized spacial score (nSPS) is 10.3. The number of nitrogens with one attached hydrogen (secondary N) is 2. The zero-order valence-corrected chi connectivity index (χ0v) is 13.7. The van der Waals surface area contributed by atoms with E-state index in [1.807, 2.05) is 4.98 Å². The van der Waals surface area contributed by atoms with E-state index < -0.39 is 28.6 Å². The Morgan fingerprint density at radius 3 is 2.35 bits per heavy atom. The molecule has 0 atom stereocenters. The van der Waals surface area contributed by atoms with Crippen LogP contribution in [-0.4, -0.2) is 27.7 Å². The van der Waals surface area contributed by atoms with Crippen molar-refractivity contribution in [1.82, 2.24) is 9.55 Å². The number of ether oxygens (including phenoxy) is 1. The number of hydrogen-bond acceptors (Lipinski definition) is 5. The number of rotatable bonds is 4. The van der Waals surface area contributed by atoms with Crippen molar-refractivity contribution >= 4 is 11.6 Å². The van der Waals surface area contributed by atoms with Crippen molar-refractivity contribution in [3.8, 4) is 17.3 Å². The molecule has 0 aliphatic carbocycles. The summed E-state index contributed by atoms with van der Waals surface area (Å²) >= 11 is 0. The Morgan fingerprint density at radius 1 is 1.08 bits per heavy atom. The van der Waals surface area contributed by atoms with Crippen LogP contribution < -0.4 is 21.3 Å². The van der Waals surface area contributed by atoms with Crippen LogP contribution in [0, 0.1) is 0 Å². The largest absolute Gasteiger partial charge is 0.497 e. The van der Waals surface area contributed by atoms with E-state index in [4.69, 9.17) is 4.74 Å². The smallest absolute Gasteiger partial charge is 0.335 e. The predicted molar refractivity (Wildman–Crippen MR) is 95.3 cm³/mol. The molecule has 0 unspecified atom stereocenters. The molecule has 0 aliphatic rings. The van der Waals surface area contributed by atoms with Gasteiger partial charge in [0, 0.05) is 5.69 Å². The van der Waals surface area contributed by atoms with Crippen molar-refractivity contribution in [3.63, 3.8) is 0 Å². The molecule has 8 heteroatoms. The van der Waals surface area contributed by atoms with Crippen LogP contribution in [0.1, 0.15) is 10.4 Å². The van der Waals surface area contributed by atoms with E-state index in [1.54, 1.807) is 42.5 Å². The maximum absolute atomic E-state index is 12.4. The fourth-order valence-corrected chi connectivity index (χ4v) is 2.42. The van der Waals surface area contributed by atoms with Crippen molar-refractivity contribution in [2.75, 3.05) is 12.4 Å². The lowest BCUT2D eigenvalue weighted by atomic mass is 10.2. The van der Waals surface area contributed by atoms with Crippen LogP contribution >= 0.6 is 0 Å². The molecule has 0 saturated heterocycles. The first-order chi connectivity index (χ1) is 12.5. The SMILES string of the molecule is COc1ccc(-n2c(O)c(C(=O)Nc3ccccc3)c(=O)[nH]c2=O)cc1. The minimum atomic E-state index is -0.981. The maximum atomic E-state index is 12.4. The monoisotopic (exact) mass is 353 g/mol. The minimum Gasteiger partial charge on any atom is -0.497 e. The minimum absolute atomic E-state index is 0.262. The number of aromatic nitrogens is 2. The van der Waals surface area contributed by atoms with Crippen molar-refractivity contribution in [2.24, 2.45) is 0 Å². The highest BCUT2D eigenvalue weighted by molar-refractivity contribution is 6.05. The number of nitrogens with zero attached hydrogens (tertiary/aromatic N) is 1. The molecule has 2 aromatic carbocycles. The number of aromatic amines is 1. The topological polar surface area (TPSA) is 113 Å². The molecule has 1 heterocycles. The zero-order chi connectivity index (χ0) is 18.7. The van der Waals surface area contributed by atoms with Gasteiger partial charge in [0.15, 0.2) is 5.56 Å². The molecule has 0 saturated carbocycles. The van der Waals surface area contributed by atoms with E-state index in [0.717, 1.165) is 4.57 Å². The number of benzene rings is 2. The fraction of sp³-hybridized carbons (Fsp3) is 0.0556. The summed E-state index contributed by atoms with van der Waals surface area (Å²) < 4.78 is 5.88. The summed E-state index contributed by atoms with van der Waals surface area (Å²) in [6.45, 7) is 0. The Labute approximate surface area is 147 Å². The van der Waals surface area contributed by atoms with Gasteiger partial charge < -0.3 is 15.2 Å². The number of aromatic hydroxyl groups is 1. The molecular weight excluding hydrogens is 338 g/mol. The summed E-state index contributed by atoms with van der Waals surface area (Å²) in [6, 6.07) is 14.6. The third-order valence-electron chi connectivity index (χ3n) is 3.68. The van der Waals surface area contributed by atoms with Crippen molar-refractivity contribution in [2.45, 2.75) is 0 Å². The van der Waals surface area contributed by atoms with Crippen molar-refractivity contribution in [3.05, 3.63) is 81.0 Å². The van der Waals surface area contributed by atoms with Gasteiger partial charge >= 0.3 is 5.69 Å². The van der Waals surface area contributed by atoms with Gasteiger partial charge in [-0.3, -0.25) is 14.6 Å². The first-order valence-electron chi connectivity index (χ1n) is 7.60. The molecule has 3 rings (SSSR count). The lowest BCUT2D eigenvalue weighted by Crippen LogP contribution is -2.34. The Bertz CT molecular complexity index is 1050. The molecule has 0 spiro atoms. The number of amides is 1. The molecule has 3 aromatic rings. The summed E-state index contributed by atoms with van der Waals surface area (Å²) in [4.78, 5) is 38.7. The van der Waals surface area contributed by atoms with Gasteiger partial charge in [-0.25, -0.2) is 9.36 Å². The number of anilines is 1. The molecule has 0 aliphatic heterocycles. The van der Waals surface area contributed by atoms with Gasteiger partial charge in [0.1, 0.15) is 5.75 Å². The van der Waals surface area contributed by atoms with Gasteiger partial charge in [0.2, 0.25) is 5.88 Å².